The number of hydrogen-bond acceptors (Lipinski definition) is 6. The Kier molecular flexibility index (Phi) is 5.47. The van der Waals surface area contributed by atoms with Crippen LogP contribution in [0.1, 0.15) is 60.0 Å². The fraction of sp³-hybridized carbons (Fsp3) is 0.640. The third-order valence-electron chi connectivity index (χ3n) is 8.45. The third kappa shape index (κ3) is 3.78. The van der Waals surface area contributed by atoms with Crippen molar-refractivity contribution in [2.45, 2.75) is 75.8 Å². The van der Waals surface area contributed by atoms with Gasteiger partial charge < -0.3 is 10.2 Å². The summed E-state index contributed by atoms with van der Waals surface area (Å²) in [5.41, 5.74) is 2.83. The molecule has 0 spiro atoms. The Labute approximate surface area is 194 Å². The van der Waals surface area contributed by atoms with Crippen molar-refractivity contribution in [2.24, 2.45) is 0 Å². The molecule has 3 atom stereocenters. The maximum Gasteiger partial charge on any atom is 0.255 e. The van der Waals surface area contributed by atoms with E-state index in [4.69, 9.17) is 0 Å². The molecule has 0 aromatic heterocycles. The van der Waals surface area contributed by atoms with E-state index in [0.29, 0.717) is 31.1 Å². The number of nitrogens with zero attached hydrogens (tertiary/aromatic N) is 3. The van der Waals surface area contributed by atoms with Crippen LogP contribution >= 0.6 is 0 Å². The van der Waals surface area contributed by atoms with Crippen molar-refractivity contribution in [1.29, 1.82) is 0 Å². The van der Waals surface area contributed by atoms with Crippen molar-refractivity contribution in [3.63, 3.8) is 0 Å². The van der Waals surface area contributed by atoms with E-state index in [-0.39, 0.29) is 24.1 Å². The van der Waals surface area contributed by atoms with E-state index in [1.54, 1.807) is 4.90 Å². The van der Waals surface area contributed by atoms with Crippen molar-refractivity contribution in [2.75, 3.05) is 26.2 Å². The number of fused-ring (bicyclic) bond motifs is 3. The van der Waals surface area contributed by atoms with Crippen molar-refractivity contribution >= 4 is 17.7 Å². The second-order valence-electron chi connectivity index (χ2n) is 10.3. The van der Waals surface area contributed by atoms with Gasteiger partial charge in [0.1, 0.15) is 6.04 Å². The van der Waals surface area contributed by atoms with Gasteiger partial charge in [-0.2, -0.15) is 0 Å². The molecule has 0 aliphatic carbocycles. The van der Waals surface area contributed by atoms with E-state index < -0.39 is 6.04 Å². The SMILES string of the molecule is O=C1CCC(N2Cc3cccc(CN4CCC(N5C6CCC5CNC6)CC4)c3C2=O)C(=O)N1. The van der Waals surface area contributed by atoms with Gasteiger partial charge in [0.2, 0.25) is 11.8 Å². The van der Waals surface area contributed by atoms with Gasteiger partial charge in [-0.25, -0.2) is 0 Å². The summed E-state index contributed by atoms with van der Waals surface area (Å²) in [6.07, 6.45) is 5.74. The number of likely N-dealkylation sites (tertiary alicyclic amines) is 1. The van der Waals surface area contributed by atoms with Crippen LogP contribution in [0.5, 0.6) is 0 Å². The lowest BCUT2D eigenvalue weighted by Gasteiger charge is -2.44. The fourth-order valence-corrected chi connectivity index (χ4v) is 6.85. The average molecular weight is 452 g/mol. The zero-order valence-corrected chi connectivity index (χ0v) is 19.1. The van der Waals surface area contributed by atoms with Crippen LogP contribution < -0.4 is 10.6 Å². The summed E-state index contributed by atoms with van der Waals surface area (Å²) in [4.78, 5) is 44.2. The van der Waals surface area contributed by atoms with Crippen LogP contribution in [0.25, 0.3) is 0 Å². The van der Waals surface area contributed by atoms with E-state index in [0.717, 1.165) is 49.4 Å². The van der Waals surface area contributed by atoms with Gasteiger partial charge in [0, 0.05) is 56.3 Å². The highest BCUT2D eigenvalue weighted by atomic mass is 16.2. The van der Waals surface area contributed by atoms with Crippen molar-refractivity contribution in [3.8, 4) is 0 Å². The lowest BCUT2D eigenvalue weighted by Crippen LogP contribution is -2.57. The van der Waals surface area contributed by atoms with E-state index in [1.165, 1.54) is 25.7 Å². The van der Waals surface area contributed by atoms with Crippen LogP contribution in [0.4, 0.5) is 0 Å². The topological polar surface area (TPSA) is 85.0 Å². The predicted molar refractivity (Wildman–Crippen MR) is 122 cm³/mol. The average Bonchev–Trinajstić information content (AvgIpc) is 3.27. The molecule has 4 fully saturated rings. The molecular weight excluding hydrogens is 418 g/mol. The molecule has 3 amide bonds. The van der Waals surface area contributed by atoms with Gasteiger partial charge in [0.05, 0.1) is 0 Å². The Balaban J connectivity index is 1.12. The number of piperazine rings is 1. The summed E-state index contributed by atoms with van der Waals surface area (Å²) in [5, 5.41) is 5.98. The number of nitrogens with one attached hydrogen (secondary N) is 2. The first-order valence-electron chi connectivity index (χ1n) is 12.5. The number of carbonyl (C=O) groups is 3. The van der Waals surface area contributed by atoms with Crippen molar-refractivity contribution in [1.82, 2.24) is 25.3 Å². The summed E-state index contributed by atoms with van der Waals surface area (Å²) in [5.74, 6) is -0.668. The van der Waals surface area contributed by atoms with Gasteiger partial charge in [-0.1, -0.05) is 18.2 Å². The molecule has 1 aromatic carbocycles. The molecule has 3 unspecified atom stereocenters. The Morgan fingerprint density at radius 2 is 1.67 bits per heavy atom. The zero-order chi connectivity index (χ0) is 22.5. The largest absolute Gasteiger partial charge is 0.322 e. The number of imide groups is 1. The lowest BCUT2D eigenvalue weighted by molar-refractivity contribution is -0.136. The second-order valence-corrected chi connectivity index (χ2v) is 10.3. The zero-order valence-electron chi connectivity index (χ0n) is 19.1. The summed E-state index contributed by atoms with van der Waals surface area (Å²) in [6.45, 7) is 5.62. The molecular formula is C25H33N5O3. The van der Waals surface area contributed by atoms with Crippen molar-refractivity contribution < 1.29 is 14.4 Å². The monoisotopic (exact) mass is 451 g/mol. The number of piperidine rings is 2. The minimum Gasteiger partial charge on any atom is -0.322 e. The molecule has 1 aromatic rings. The lowest BCUT2D eigenvalue weighted by atomic mass is 9.98. The molecule has 5 aliphatic rings. The van der Waals surface area contributed by atoms with Crippen LogP contribution in [0.15, 0.2) is 18.2 Å². The van der Waals surface area contributed by atoms with Gasteiger partial charge in [0.25, 0.3) is 5.91 Å². The Morgan fingerprint density at radius 3 is 2.39 bits per heavy atom. The summed E-state index contributed by atoms with van der Waals surface area (Å²) < 4.78 is 0. The second kappa shape index (κ2) is 8.49. The minimum atomic E-state index is -0.555. The van der Waals surface area contributed by atoms with Crippen LogP contribution in [-0.4, -0.2) is 82.8 Å². The first-order valence-corrected chi connectivity index (χ1v) is 12.5. The molecule has 2 bridgehead atoms. The van der Waals surface area contributed by atoms with Crippen molar-refractivity contribution in [3.05, 3.63) is 34.9 Å². The van der Waals surface area contributed by atoms with E-state index in [2.05, 4.69) is 26.5 Å². The van der Waals surface area contributed by atoms with E-state index in [9.17, 15) is 14.4 Å². The molecule has 0 radical (unpaired) electrons. The fourth-order valence-electron chi connectivity index (χ4n) is 6.85. The molecule has 5 aliphatic heterocycles. The highest BCUT2D eigenvalue weighted by Crippen LogP contribution is 2.34. The first kappa shape index (κ1) is 21.3. The van der Waals surface area contributed by atoms with Gasteiger partial charge in [-0.15, -0.1) is 0 Å². The molecule has 5 heterocycles. The standard InChI is InChI=1S/C25H33N5O3/c31-22-7-6-21(24(32)27-22)29-15-17-3-1-2-16(23(17)25(29)33)14-28-10-8-18(9-11-28)30-19-4-5-20(30)13-26-12-19/h1-3,18-21,26H,4-15H2,(H,27,31,32). The summed E-state index contributed by atoms with van der Waals surface area (Å²) >= 11 is 0. The van der Waals surface area contributed by atoms with E-state index in [1.807, 2.05) is 12.1 Å². The number of benzene rings is 1. The van der Waals surface area contributed by atoms with Crippen LogP contribution in [0, 0.1) is 0 Å². The van der Waals surface area contributed by atoms with Gasteiger partial charge in [0.15, 0.2) is 0 Å². The molecule has 4 saturated heterocycles. The maximum absolute atomic E-state index is 13.4. The van der Waals surface area contributed by atoms with Crippen LogP contribution in [0.3, 0.4) is 0 Å². The molecule has 8 nitrogen and oxygen atoms in total. The Hall–Kier alpha value is -2.29. The Bertz CT molecular complexity index is 957. The molecule has 2 N–H and O–H groups in total. The number of hydrogen-bond donors (Lipinski definition) is 2. The first-order chi connectivity index (χ1) is 16.1. The molecule has 8 heteroatoms. The third-order valence-corrected chi connectivity index (χ3v) is 8.45. The Morgan fingerprint density at radius 1 is 0.909 bits per heavy atom. The van der Waals surface area contributed by atoms with Crippen LogP contribution in [-0.2, 0) is 22.7 Å². The van der Waals surface area contributed by atoms with Gasteiger partial charge >= 0.3 is 0 Å². The summed E-state index contributed by atoms with van der Waals surface area (Å²) in [6, 6.07) is 7.65. The highest BCUT2D eigenvalue weighted by molar-refractivity contribution is 6.05. The van der Waals surface area contributed by atoms with E-state index >= 15 is 0 Å². The normalized spacial score (nSPS) is 31.2. The minimum absolute atomic E-state index is 0.0672. The highest BCUT2D eigenvalue weighted by Gasteiger charge is 2.42. The maximum atomic E-state index is 13.4. The molecule has 176 valence electrons. The van der Waals surface area contributed by atoms with Gasteiger partial charge in [-0.05, 0) is 56.3 Å². The number of rotatable bonds is 4. The molecule has 0 saturated carbocycles. The van der Waals surface area contributed by atoms with Crippen LogP contribution in [0.2, 0.25) is 0 Å². The molecule has 6 rings (SSSR count). The quantitative estimate of drug-likeness (QED) is 0.661. The smallest absolute Gasteiger partial charge is 0.255 e. The number of amides is 3. The predicted octanol–water partition coefficient (Wildman–Crippen LogP) is 0.848. The summed E-state index contributed by atoms with van der Waals surface area (Å²) in [7, 11) is 0. The van der Waals surface area contributed by atoms with Gasteiger partial charge in [-0.3, -0.25) is 29.5 Å². The number of carbonyl (C=O) groups excluding carboxylic acids is 3. The molecule has 33 heavy (non-hydrogen) atoms.